The predicted octanol–water partition coefficient (Wildman–Crippen LogP) is 3.78. The first kappa shape index (κ1) is 12.3. The molecule has 1 N–H and O–H groups in total. The first-order chi connectivity index (χ1) is 9.15. The van der Waals surface area contributed by atoms with Crippen LogP contribution in [0.4, 0.5) is 5.69 Å². The Bertz CT molecular complexity index is 700. The standard InChI is InChI=1S/C14H8ClNO2S/c15-13(17)8-5-6-11-9(7-8)14(18)16-10-3-1-2-4-12(10)19-11/h1-7H,(H,16,18). The number of halogens is 1. The van der Waals surface area contributed by atoms with Gasteiger partial charge in [0.25, 0.3) is 11.1 Å². The number of rotatable bonds is 1. The molecule has 0 saturated carbocycles. The summed E-state index contributed by atoms with van der Waals surface area (Å²) in [6.07, 6.45) is 0. The van der Waals surface area contributed by atoms with E-state index in [0.29, 0.717) is 11.1 Å². The van der Waals surface area contributed by atoms with Crippen LogP contribution in [0.5, 0.6) is 0 Å². The first-order valence-corrected chi connectivity index (χ1v) is 6.77. The maximum Gasteiger partial charge on any atom is 0.256 e. The van der Waals surface area contributed by atoms with Crippen molar-refractivity contribution in [3.05, 3.63) is 53.6 Å². The molecule has 0 fully saturated rings. The van der Waals surface area contributed by atoms with Gasteiger partial charge in [-0.25, -0.2) is 0 Å². The first-order valence-electron chi connectivity index (χ1n) is 5.57. The predicted molar refractivity (Wildman–Crippen MR) is 75.1 cm³/mol. The summed E-state index contributed by atoms with van der Waals surface area (Å²) in [6, 6.07) is 12.5. The van der Waals surface area contributed by atoms with Gasteiger partial charge in [0.15, 0.2) is 0 Å². The second-order valence-corrected chi connectivity index (χ2v) is 5.46. The van der Waals surface area contributed by atoms with E-state index in [1.165, 1.54) is 17.8 Å². The van der Waals surface area contributed by atoms with Crippen LogP contribution in [-0.4, -0.2) is 11.1 Å². The molecule has 5 heteroatoms. The molecule has 3 nitrogen and oxygen atoms in total. The van der Waals surface area contributed by atoms with Crippen LogP contribution in [0.2, 0.25) is 0 Å². The van der Waals surface area contributed by atoms with Gasteiger partial charge < -0.3 is 5.32 Å². The van der Waals surface area contributed by atoms with Crippen molar-refractivity contribution in [3.8, 4) is 0 Å². The molecule has 0 aromatic heterocycles. The average Bonchev–Trinajstić information content (AvgIpc) is 2.54. The number of para-hydroxylation sites is 1. The van der Waals surface area contributed by atoms with Crippen LogP contribution in [-0.2, 0) is 0 Å². The number of anilines is 1. The van der Waals surface area contributed by atoms with E-state index < -0.39 is 5.24 Å². The van der Waals surface area contributed by atoms with Crippen LogP contribution in [0.25, 0.3) is 0 Å². The lowest BCUT2D eigenvalue weighted by Gasteiger charge is -2.04. The van der Waals surface area contributed by atoms with Crippen LogP contribution in [0, 0.1) is 0 Å². The second-order valence-electron chi connectivity index (χ2n) is 4.04. The van der Waals surface area contributed by atoms with E-state index in [4.69, 9.17) is 11.6 Å². The number of benzene rings is 2. The Kier molecular flexibility index (Phi) is 3.05. The quantitative estimate of drug-likeness (QED) is 0.813. The van der Waals surface area contributed by atoms with Crippen LogP contribution in [0.15, 0.2) is 52.3 Å². The average molecular weight is 290 g/mol. The molecule has 0 atom stereocenters. The third kappa shape index (κ3) is 2.25. The Hall–Kier alpha value is -1.78. The zero-order valence-electron chi connectivity index (χ0n) is 9.64. The Morgan fingerprint density at radius 2 is 1.89 bits per heavy atom. The van der Waals surface area contributed by atoms with Crippen molar-refractivity contribution in [2.24, 2.45) is 0 Å². The number of carbonyl (C=O) groups excluding carboxylic acids is 2. The van der Waals surface area contributed by atoms with Gasteiger partial charge in [-0.15, -0.1) is 0 Å². The molecular formula is C14H8ClNO2S. The third-order valence-corrected chi connectivity index (χ3v) is 4.18. The highest BCUT2D eigenvalue weighted by molar-refractivity contribution is 7.99. The minimum Gasteiger partial charge on any atom is -0.321 e. The molecule has 1 amide bonds. The molecule has 1 aliphatic rings. The van der Waals surface area contributed by atoms with Crippen LogP contribution in [0.1, 0.15) is 20.7 Å². The molecule has 3 rings (SSSR count). The Morgan fingerprint density at radius 3 is 2.68 bits per heavy atom. The summed E-state index contributed by atoms with van der Waals surface area (Å²) < 4.78 is 0. The molecule has 1 heterocycles. The lowest BCUT2D eigenvalue weighted by atomic mass is 10.1. The van der Waals surface area contributed by atoms with Crippen molar-refractivity contribution in [3.63, 3.8) is 0 Å². The maximum absolute atomic E-state index is 12.2. The van der Waals surface area contributed by atoms with Crippen LogP contribution >= 0.6 is 23.4 Å². The fourth-order valence-electron chi connectivity index (χ4n) is 1.89. The van der Waals surface area contributed by atoms with Crippen molar-refractivity contribution >= 4 is 40.2 Å². The molecule has 94 valence electrons. The molecule has 0 spiro atoms. The SMILES string of the molecule is O=C(Cl)c1ccc2c(c1)C(=O)Nc1ccccc1S2. The van der Waals surface area contributed by atoms with Crippen molar-refractivity contribution in [1.82, 2.24) is 0 Å². The highest BCUT2D eigenvalue weighted by Gasteiger charge is 2.20. The zero-order chi connectivity index (χ0) is 13.4. The van der Waals surface area contributed by atoms with Crippen molar-refractivity contribution in [2.45, 2.75) is 9.79 Å². The van der Waals surface area contributed by atoms with E-state index in [1.54, 1.807) is 12.1 Å². The van der Waals surface area contributed by atoms with E-state index in [1.807, 2.05) is 24.3 Å². The highest BCUT2D eigenvalue weighted by atomic mass is 35.5. The molecule has 2 aromatic carbocycles. The number of amides is 1. The minimum absolute atomic E-state index is 0.229. The van der Waals surface area contributed by atoms with Gasteiger partial charge in [-0.05, 0) is 41.9 Å². The molecule has 0 bridgehead atoms. The lowest BCUT2D eigenvalue weighted by molar-refractivity contribution is 0.102. The molecule has 19 heavy (non-hydrogen) atoms. The number of hydrogen-bond acceptors (Lipinski definition) is 3. The summed E-state index contributed by atoms with van der Waals surface area (Å²) in [5.74, 6) is -0.229. The summed E-state index contributed by atoms with van der Waals surface area (Å²) >= 11 is 6.94. The monoisotopic (exact) mass is 289 g/mol. The molecule has 0 unspecified atom stereocenters. The van der Waals surface area contributed by atoms with Gasteiger partial charge >= 0.3 is 0 Å². The summed E-state index contributed by atoms with van der Waals surface area (Å²) in [5.41, 5.74) is 1.56. The van der Waals surface area contributed by atoms with Crippen molar-refractivity contribution in [1.29, 1.82) is 0 Å². The smallest absolute Gasteiger partial charge is 0.256 e. The Morgan fingerprint density at radius 1 is 1.11 bits per heavy atom. The lowest BCUT2D eigenvalue weighted by Crippen LogP contribution is -2.12. The van der Waals surface area contributed by atoms with Gasteiger partial charge in [-0.2, -0.15) is 0 Å². The van der Waals surface area contributed by atoms with E-state index in [9.17, 15) is 9.59 Å². The molecular weight excluding hydrogens is 282 g/mol. The van der Waals surface area contributed by atoms with E-state index in [-0.39, 0.29) is 5.91 Å². The third-order valence-electron chi connectivity index (χ3n) is 2.81. The molecule has 1 aliphatic heterocycles. The molecule has 0 saturated heterocycles. The van der Waals surface area contributed by atoms with Gasteiger partial charge in [0, 0.05) is 15.4 Å². The fourth-order valence-corrected chi connectivity index (χ4v) is 3.01. The fraction of sp³-hybridized carbons (Fsp3) is 0. The van der Waals surface area contributed by atoms with E-state index >= 15 is 0 Å². The second kappa shape index (κ2) is 4.72. The van der Waals surface area contributed by atoms with Gasteiger partial charge in [-0.1, -0.05) is 23.9 Å². The summed E-state index contributed by atoms with van der Waals surface area (Å²) in [5, 5.41) is 2.26. The largest absolute Gasteiger partial charge is 0.321 e. The highest BCUT2D eigenvalue weighted by Crippen LogP contribution is 2.38. The van der Waals surface area contributed by atoms with Gasteiger partial charge in [-0.3, -0.25) is 9.59 Å². The zero-order valence-corrected chi connectivity index (χ0v) is 11.2. The molecule has 2 aromatic rings. The van der Waals surface area contributed by atoms with E-state index in [0.717, 1.165) is 15.5 Å². The minimum atomic E-state index is -0.567. The van der Waals surface area contributed by atoms with Gasteiger partial charge in [0.1, 0.15) is 0 Å². The van der Waals surface area contributed by atoms with Gasteiger partial charge in [0.05, 0.1) is 11.3 Å². The number of hydrogen-bond donors (Lipinski definition) is 1. The van der Waals surface area contributed by atoms with Crippen LogP contribution < -0.4 is 5.32 Å². The maximum atomic E-state index is 12.2. The summed E-state index contributed by atoms with van der Waals surface area (Å²) in [4.78, 5) is 25.1. The van der Waals surface area contributed by atoms with Crippen LogP contribution in [0.3, 0.4) is 0 Å². The normalized spacial score (nSPS) is 13.0. The van der Waals surface area contributed by atoms with E-state index in [2.05, 4.69) is 5.32 Å². The van der Waals surface area contributed by atoms with Crippen molar-refractivity contribution < 1.29 is 9.59 Å². The van der Waals surface area contributed by atoms with Gasteiger partial charge in [0.2, 0.25) is 0 Å². The Balaban J connectivity index is 2.13. The Labute approximate surface area is 119 Å². The summed E-state index contributed by atoms with van der Waals surface area (Å²) in [6.45, 7) is 0. The molecule has 0 aliphatic carbocycles. The van der Waals surface area contributed by atoms with Crippen molar-refractivity contribution in [2.75, 3.05) is 5.32 Å². The topological polar surface area (TPSA) is 46.2 Å². The number of fused-ring (bicyclic) bond motifs is 2. The number of nitrogens with one attached hydrogen (secondary N) is 1. The molecule has 0 radical (unpaired) electrons. The number of carbonyl (C=O) groups is 2. The summed E-state index contributed by atoms with van der Waals surface area (Å²) in [7, 11) is 0.